The van der Waals surface area contributed by atoms with Gasteiger partial charge in [0, 0.05) is 30.6 Å². The number of phenolic OH excluding ortho intramolecular Hbond substituents is 1. The molecule has 1 atom stereocenters. The highest BCUT2D eigenvalue weighted by molar-refractivity contribution is 5.41. The second-order valence-electron chi connectivity index (χ2n) is 3.78. The fraction of sp³-hybridized carbons (Fsp3) is 0.429. The van der Waals surface area contributed by atoms with Gasteiger partial charge in [0.05, 0.1) is 7.11 Å². The summed E-state index contributed by atoms with van der Waals surface area (Å²) < 4.78 is 5.04. The first-order chi connectivity index (χ1) is 8.19. The molecule has 0 aliphatic heterocycles. The van der Waals surface area contributed by atoms with Gasteiger partial charge in [0.1, 0.15) is 11.5 Å². The van der Waals surface area contributed by atoms with E-state index in [9.17, 15) is 5.11 Å². The number of nitrogens with one attached hydrogen (secondary N) is 1. The summed E-state index contributed by atoms with van der Waals surface area (Å²) in [6, 6.07) is 5.44. The lowest BCUT2D eigenvalue weighted by Crippen LogP contribution is -2.19. The molecule has 0 spiro atoms. The van der Waals surface area contributed by atoms with Crippen LogP contribution in [0.25, 0.3) is 0 Å². The number of phenols is 1. The van der Waals surface area contributed by atoms with Crippen LogP contribution in [-0.2, 0) is 0 Å². The maximum Gasteiger partial charge on any atom is 0.124 e. The van der Waals surface area contributed by atoms with Crippen molar-refractivity contribution in [3.05, 3.63) is 23.8 Å². The van der Waals surface area contributed by atoms with Crippen molar-refractivity contribution in [1.29, 1.82) is 0 Å². The molecule has 0 amide bonds. The Bertz CT molecular complexity index is 418. The lowest BCUT2D eigenvalue weighted by Gasteiger charge is -2.15. The van der Waals surface area contributed by atoms with Gasteiger partial charge in [0.2, 0.25) is 0 Å². The molecule has 0 aromatic heterocycles. The Morgan fingerprint density at radius 3 is 2.82 bits per heavy atom. The third kappa shape index (κ3) is 4.01. The molecular formula is C14H19NO2. The van der Waals surface area contributed by atoms with Crippen molar-refractivity contribution in [3.8, 4) is 23.3 Å². The van der Waals surface area contributed by atoms with Crippen LogP contribution >= 0.6 is 0 Å². The smallest absolute Gasteiger partial charge is 0.124 e. The minimum Gasteiger partial charge on any atom is -0.507 e. The second-order valence-corrected chi connectivity index (χ2v) is 3.78. The van der Waals surface area contributed by atoms with E-state index < -0.39 is 0 Å². The summed E-state index contributed by atoms with van der Waals surface area (Å²) in [4.78, 5) is 0. The van der Waals surface area contributed by atoms with Crippen LogP contribution < -0.4 is 10.1 Å². The molecule has 2 N–H and O–H groups in total. The van der Waals surface area contributed by atoms with E-state index in [0.29, 0.717) is 5.75 Å². The molecule has 1 aromatic rings. The molecule has 1 aromatic carbocycles. The minimum atomic E-state index is 0.0968. The summed E-state index contributed by atoms with van der Waals surface area (Å²) in [7, 11) is 1.58. The van der Waals surface area contributed by atoms with Crippen LogP contribution in [0.3, 0.4) is 0 Å². The summed E-state index contributed by atoms with van der Waals surface area (Å²) in [5.74, 6) is 6.76. The van der Waals surface area contributed by atoms with Crippen LogP contribution in [-0.4, -0.2) is 18.8 Å². The van der Waals surface area contributed by atoms with E-state index in [4.69, 9.17) is 4.74 Å². The van der Waals surface area contributed by atoms with E-state index in [1.807, 2.05) is 26.0 Å². The summed E-state index contributed by atoms with van der Waals surface area (Å²) in [5, 5.41) is 13.2. The Balaban J connectivity index is 2.61. The fourth-order valence-electron chi connectivity index (χ4n) is 1.60. The van der Waals surface area contributed by atoms with E-state index >= 15 is 0 Å². The van der Waals surface area contributed by atoms with Crippen molar-refractivity contribution >= 4 is 0 Å². The maximum absolute atomic E-state index is 9.85. The van der Waals surface area contributed by atoms with Gasteiger partial charge < -0.3 is 15.2 Å². The predicted octanol–water partition coefficient (Wildman–Crippen LogP) is 2.46. The van der Waals surface area contributed by atoms with Gasteiger partial charge in [-0.25, -0.2) is 0 Å². The van der Waals surface area contributed by atoms with Crippen molar-refractivity contribution in [2.75, 3.05) is 13.7 Å². The SMILES string of the molecule is CC#CCCNC(C)c1ccc(OC)cc1O. The van der Waals surface area contributed by atoms with Gasteiger partial charge in [-0.3, -0.25) is 0 Å². The van der Waals surface area contributed by atoms with E-state index in [-0.39, 0.29) is 11.8 Å². The van der Waals surface area contributed by atoms with Crippen LogP contribution in [0.5, 0.6) is 11.5 Å². The standard InChI is InChI=1S/C14H19NO2/c1-4-5-6-9-15-11(2)13-8-7-12(17-3)10-14(13)16/h7-8,10-11,15-16H,6,9H2,1-3H3. The van der Waals surface area contributed by atoms with Crippen LogP contribution in [0.2, 0.25) is 0 Å². The fourth-order valence-corrected chi connectivity index (χ4v) is 1.60. The van der Waals surface area contributed by atoms with E-state index in [0.717, 1.165) is 18.5 Å². The Labute approximate surface area is 103 Å². The van der Waals surface area contributed by atoms with Crippen molar-refractivity contribution < 1.29 is 9.84 Å². The first-order valence-corrected chi connectivity index (χ1v) is 5.69. The molecule has 1 unspecified atom stereocenters. The molecule has 92 valence electrons. The molecule has 1 rings (SSSR count). The number of aromatic hydroxyl groups is 1. The summed E-state index contributed by atoms with van der Waals surface area (Å²) >= 11 is 0. The molecule has 17 heavy (non-hydrogen) atoms. The third-order valence-corrected chi connectivity index (χ3v) is 2.58. The van der Waals surface area contributed by atoms with Crippen molar-refractivity contribution in [2.24, 2.45) is 0 Å². The molecule has 0 aliphatic rings. The van der Waals surface area contributed by atoms with Gasteiger partial charge in [-0.15, -0.1) is 11.8 Å². The lowest BCUT2D eigenvalue weighted by atomic mass is 10.1. The molecule has 0 fully saturated rings. The van der Waals surface area contributed by atoms with Gasteiger partial charge in [-0.2, -0.15) is 0 Å². The summed E-state index contributed by atoms with van der Waals surface area (Å²) in [5.41, 5.74) is 0.871. The van der Waals surface area contributed by atoms with Crippen molar-refractivity contribution in [2.45, 2.75) is 26.3 Å². The number of hydrogen-bond donors (Lipinski definition) is 2. The normalized spacial score (nSPS) is 11.5. The summed E-state index contributed by atoms with van der Waals surface area (Å²) in [6.45, 7) is 4.66. The van der Waals surface area contributed by atoms with Crippen molar-refractivity contribution in [1.82, 2.24) is 5.32 Å². The monoisotopic (exact) mass is 233 g/mol. The molecule has 0 heterocycles. The van der Waals surface area contributed by atoms with Gasteiger partial charge in [0.15, 0.2) is 0 Å². The zero-order valence-electron chi connectivity index (χ0n) is 10.6. The zero-order chi connectivity index (χ0) is 12.7. The second kappa shape index (κ2) is 6.82. The lowest BCUT2D eigenvalue weighted by molar-refractivity contribution is 0.404. The molecule has 3 nitrogen and oxygen atoms in total. The van der Waals surface area contributed by atoms with E-state index in [1.54, 1.807) is 13.2 Å². The highest BCUT2D eigenvalue weighted by Crippen LogP contribution is 2.28. The topological polar surface area (TPSA) is 41.5 Å². The van der Waals surface area contributed by atoms with E-state index in [2.05, 4.69) is 17.2 Å². The number of hydrogen-bond acceptors (Lipinski definition) is 3. The number of ether oxygens (including phenoxy) is 1. The minimum absolute atomic E-state index is 0.0968. The molecule has 0 saturated heterocycles. The highest BCUT2D eigenvalue weighted by atomic mass is 16.5. The number of benzene rings is 1. The van der Waals surface area contributed by atoms with Crippen LogP contribution in [0.1, 0.15) is 31.9 Å². The van der Waals surface area contributed by atoms with Crippen LogP contribution in [0.15, 0.2) is 18.2 Å². The van der Waals surface area contributed by atoms with E-state index in [1.165, 1.54) is 0 Å². The Hall–Kier alpha value is -1.66. The maximum atomic E-state index is 9.85. The van der Waals surface area contributed by atoms with Gasteiger partial charge >= 0.3 is 0 Å². The predicted molar refractivity (Wildman–Crippen MR) is 69.1 cm³/mol. The number of methoxy groups -OCH3 is 1. The zero-order valence-corrected chi connectivity index (χ0v) is 10.6. The van der Waals surface area contributed by atoms with Crippen molar-refractivity contribution in [3.63, 3.8) is 0 Å². The van der Waals surface area contributed by atoms with Gasteiger partial charge in [-0.1, -0.05) is 6.07 Å². The molecular weight excluding hydrogens is 214 g/mol. The first-order valence-electron chi connectivity index (χ1n) is 5.69. The van der Waals surface area contributed by atoms with Crippen LogP contribution in [0, 0.1) is 11.8 Å². The molecule has 0 radical (unpaired) electrons. The Morgan fingerprint density at radius 2 is 2.24 bits per heavy atom. The highest BCUT2D eigenvalue weighted by Gasteiger charge is 2.10. The van der Waals surface area contributed by atoms with Crippen LogP contribution in [0.4, 0.5) is 0 Å². The molecule has 0 saturated carbocycles. The Kier molecular flexibility index (Phi) is 5.38. The van der Waals surface area contributed by atoms with Gasteiger partial charge in [-0.05, 0) is 19.9 Å². The average molecular weight is 233 g/mol. The first kappa shape index (κ1) is 13.4. The average Bonchev–Trinajstić information content (AvgIpc) is 2.34. The quantitative estimate of drug-likeness (QED) is 0.606. The summed E-state index contributed by atoms with van der Waals surface area (Å²) in [6.07, 6.45) is 0.817. The third-order valence-electron chi connectivity index (χ3n) is 2.58. The largest absolute Gasteiger partial charge is 0.507 e. The molecule has 3 heteroatoms. The Morgan fingerprint density at radius 1 is 1.47 bits per heavy atom. The van der Waals surface area contributed by atoms with Gasteiger partial charge in [0.25, 0.3) is 0 Å². The molecule has 0 aliphatic carbocycles. The number of rotatable bonds is 5. The molecule has 0 bridgehead atoms.